The van der Waals surface area contributed by atoms with Crippen molar-refractivity contribution in [2.24, 2.45) is 0 Å². The van der Waals surface area contributed by atoms with Gasteiger partial charge >= 0.3 is 0 Å². The van der Waals surface area contributed by atoms with Crippen LogP contribution in [0.4, 0.5) is 0 Å². The van der Waals surface area contributed by atoms with Gasteiger partial charge in [0, 0.05) is 37.1 Å². The van der Waals surface area contributed by atoms with E-state index >= 15 is 0 Å². The molecule has 0 unspecified atom stereocenters. The van der Waals surface area contributed by atoms with Gasteiger partial charge in [0.05, 0.1) is 6.20 Å². The van der Waals surface area contributed by atoms with Crippen LogP contribution in [0.1, 0.15) is 56.0 Å². The van der Waals surface area contributed by atoms with Gasteiger partial charge in [-0.3, -0.25) is 9.69 Å². The molecule has 24 heavy (non-hydrogen) atoms. The maximum absolute atomic E-state index is 12.9. The van der Waals surface area contributed by atoms with Crippen LogP contribution in [-0.2, 0) is 6.54 Å². The molecule has 1 amide bonds. The second-order valence-electron chi connectivity index (χ2n) is 6.45. The Morgan fingerprint density at radius 1 is 1.29 bits per heavy atom. The summed E-state index contributed by atoms with van der Waals surface area (Å²) in [5.41, 5.74) is 2.38. The van der Waals surface area contributed by atoms with Gasteiger partial charge < -0.3 is 4.90 Å². The first-order valence-corrected chi connectivity index (χ1v) is 9.03. The number of carbonyl (C=O) groups is 1. The Labute approximate surface area is 143 Å². The number of amides is 1. The molecule has 130 valence electrons. The number of rotatable bonds is 6. The molecule has 6 nitrogen and oxygen atoms in total. The summed E-state index contributed by atoms with van der Waals surface area (Å²) in [5.74, 6) is 0.0679. The Balaban J connectivity index is 1.84. The van der Waals surface area contributed by atoms with E-state index in [9.17, 15) is 4.79 Å². The first kappa shape index (κ1) is 16.9. The summed E-state index contributed by atoms with van der Waals surface area (Å²) in [7, 11) is 0. The maximum Gasteiger partial charge on any atom is 0.259 e. The maximum atomic E-state index is 12.9. The molecule has 2 aromatic rings. The van der Waals surface area contributed by atoms with E-state index in [2.05, 4.69) is 35.8 Å². The zero-order valence-corrected chi connectivity index (χ0v) is 14.9. The first-order chi connectivity index (χ1) is 11.7. The number of fused-ring (bicyclic) bond motifs is 1. The standard InChI is InChI=1S/C18H27N5O/c1-4-15-8-7-9-22(15)18(24)16-11-20-23-13-14(10-19-17(16)23)12-21(5-2)6-3/h10-11,13,15H,4-9,12H2,1-3H3/t15-/m0/s1. The summed E-state index contributed by atoms with van der Waals surface area (Å²) >= 11 is 0. The molecular formula is C18H27N5O. The predicted octanol–water partition coefficient (Wildman–Crippen LogP) is 2.59. The van der Waals surface area contributed by atoms with Crippen LogP contribution in [0.15, 0.2) is 18.6 Å². The molecule has 2 aromatic heterocycles. The molecule has 0 bridgehead atoms. The Kier molecular flexibility index (Phi) is 5.14. The molecule has 0 N–H and O–H groups in total. The summed E-state index contributed by atoms with van der Waals surface area (Å²) in [5, 5.41) is 4.37. The number of hydrogen-bond acceptors (Lipinski definition) is 4. The molecule has 1 aliphatic heterocycles. The summed E-state index contributed by atoms with van der Waals surface area (Å²) in [6, 6.07) is 0.356. The van der Waals surface area contributed by atoms with Crippen molar-refractivity contribution < 1.29 is 4.79 Å². The quantitative estimate of drug-likeness (QED) is 0.817. The van der Waals surface area contributed by atoms with E-state index in [1.165, 1.54) is 0 Å². The van der Waals surface area contributed by atoms with Crippen molar-refractivity contribution in [3.05, 3.63) is 29.7 Å². The molecule has 1 fully saturated rings. The average Bonchev–Trinajstić information content (AvgIpc) is 3.25. The fraction of sp³-hybridized carbons (Fsp3) is 0.611. The van der Waals surface area contributed by atoms with E-state index in [1.54, 1.807) is 10.7 Å². The van der Waals surface area contributed by atoms with Gasteiger partial charge in [0.15, 0.2) is 5.65 Å². The monoisotopic (exact) mass is 329 g/mol. The smallest absolute Gasteiger partial charge is 0.259 e. The Morgan fingerprint density at radius 2 is 2.08 bits per heavy atom. The van der Waals surface area contributed by atoms with Gasteiger partial charge in [-0.15, -0.1) is 0 Å². The molecular weight excluding hydrogens is 302 g/mol. The van der Waals surface area contributed by atoms with Crippen molar-refractivity contribution in [2.75, 3.05) is 19.6 Å². The van der Waals surface area contributed by atoms with Crippen molar-refractivity contribution in [2.45, 2.75) is 52.6 Å². The van der Waals surface area contributed by atoms with Crippen molar-refractivity contribution >= 4 is 11.6 Å². The molecule has 6 heteroatoms. The van der Waals surface area contributed by atoms with E-state index in [4.69, 9.17) is 0 Å². The molecule has 0 aromatic carbocycles. The largest absolute Gasteiger partial charge is 0.336 e. The fourth-order valence-corrected chi connectivity index (χ4v) is 3.53. The number of nitrogens with zero attached hydrogens (tertiary/aromatic N) is 5. The molecule has 3 heterocycles. The van der Waals surface area contributed by atoms with Gasteiger partial charge in [0.1, 0.15) is 5.56 Å². The fourth-order valence-electron chi connectivity index (χ4n) is 3.53. The summed E-state index contributed by atoms with van der Waals surface area (Å²) in [6.45, 7) is 10.2. The van der Waals surface area contributed by atoms with Crippen molar-refractivity contribution in [1.82, 2.24) is 24.4 Å². The minimum atomic E-state index is 0.0679. The van der Waals surface area contributed by atoms with Crippen LogP contribution in [-0.4, -0.2) is 56.0 Å². The third kappa shape index (κ3) is 3.15. The molecule has 3 rings (SSSR count). The molecule has 1 saturated heterocycles. The van der Waals surface area contributed by atoms with Gasteiger partial charge in [0.25, 0.3) is 5.91 Å². The van der Waals surface area contributed by atoms with E-state index < -0.39 is 0 Å². The van der Waals surface area contributed by atoms with E-state index in [1.807, 2.05) is 17.3 Å². The van der Waals surface area contributed by atoms with Gasteiger partial charge in [-0.25, -0.2) is 9.50 Å². The van der Waals surface area contributed by atoms with Crippen LogP contribution >= 0.6 is 0 Å². The Morgan fingerprint density at radius 3 is 2.79 bits per heavy atom. The number of hydrogen-bond donors (Lipinski definition) is 0. The minimum absolute atomic E-state index is 0.0679. The van der Waals surface area contributed by atoms with E-state index in [0.717, 1.165) is 51.0 Å². The minimum Gasteiger partial charge on any atom is -0.336 e. The summed E-state index contributed by atoms with van der Waals surface area (Å²) in [6.07, 6.45) is 8.71. The lowest BCUT2D eigenvalue weighted by molar-refractivity contribution is 0.0735. The highest BCUT2D eigenvalue weighted by Gasteiger charge is 2.30. The third-order valence-electron chi connectivity index (χ3n) is 5.05. The van der Waals surface area contributed by atoms with Gasteiger partial charge in [-0.05, 0) is 32.4 Å². The van der Waals surface area contributed by atoms with Crippen LogP contribution in [0, 0.1) is 0 Å². The Hall–Kier alpha value is -1.95. The van der Waals surface area contributed by atoms with Gasteiger partial charge in [-0.2, -0.15) is 5.10 Å². The van der Waals surface area contributed by atoms with Crippen LogP contribution in [0.3, 0.4) is 0 Å². The topological polar surface area (TPSA) is 53.7 Å². The second-order valence-corrected chi connectivity index (χ2v) is 6.45. The number of likely N-dealkylation sites (tertiary alicyclic amines) is 1. The van der Waals surface area contributed by atoms with Crippen LogP contribution in [0.25, 0.3) is 5.65 Å². The molecule has 1 aliphatic rings. The highest BCUT2D eigenvalue weighted by Crippen LogP contribution is 2.23. The number of carbonyl (C=O) groups excluding carboxylic acids is 1. The third-order valence-corrected chi connectivity index (χ3v) is 5.05. The highest BCUT2D eigenvalue weighted by atomic mass is 16.2. The lowest BCUT2D eigenvalue weighted by Gasteiger charge is -2.23. The van der Waals surface area contributed by atoms with Gasteiger partial charge in [0.2, 0.25) is 0 Å². The van der Waals surface area contributed by atoms with E-state index in [-0.39, 0.29) is 5.91 Å². The van der Waals surface area contributed by atoms with Crippen molar-refractivity contribution in [1.29, 1.82) is 0 Å². The van der Waals surface area contributed by atoms with Crippen molar-refractivity contribution in [3.8, 4) is 0 Å². The van der Waals surface area contributed by atoms with Gasteiger partial charge in [-0.1, -0.05) is 20.8 Å². The first-order valence-electron chi connectivity index (χ1n) is 9.03. The summed E-state index contributed by atoms with van der Waals surface area (Å²) < 4.78 is 1.74. The molecule has 0 radical (unpaired) electrons. The lowest BCUT2D eigenvalue weighted by Crippen LogP contribution is -2.35. The number of aromatic nitrogens is 3. The highest BCUT2D eigenvalue weighted by molar-refractivity contribution is 5.99. The second kappa shape index (κ2) is 7.30. The zero-order valence-electron chi connectivity index (χ0n) is 14.9. The predicted molar refractivity (Wildman–Crippen MR) is 94.0 cm³/mol. The van der Waals surface area contributed by atoms with Crippen LogP contribution in [0.5, 0.6) is 0 Å². The summed E-state index contributed by atoms with van der Waals surface area (Å²) in [4.78, 5) is 21.7. The average molecular weight is 329 g/mol. The van der Waals surface area contributed by atoms with Crippen LogP contribution < -0.4 is 0 Å². The van der Waals surface area contributed by atoms with E-state index in [0.29, 0.717) is 17.3 Å². The molecule has 0 saturated carbocycles. The van der Waals surface area contributed by atoms with Crippen LogP contribution in [0.2, 0.25) is 0 Å². The molecule has 0 spiro atoms. The van der Waals surface area contributed by atoms with Crippen molar-refractivity contribution in [3.63, 3.8) is 0 Å². The Bertz CT molecular complexity index is 706. The molecule has 1 atom stereocenters. The normalized spacial score (nSPS) is 18.0. The zero-order chi connectivity index (χ0) is 17.1. The lowest BCUT2D eigenvalue weighted by atomic mass is 10.1. The SMILES string of the molecule is CC[C@H]1CCCN1C(=O)c1cnn2cc(CN(CC)CC)cnc12. The molecule has 0 aliphatic carbocycles.